The fraction of sp³-hybridized carbons (Fsp3) is 0.320. The van der Waals surface area contributed by atoms with Crippen molar-refractivity contribution in [1.29, 1.82) is 0 Å². The van der Waals surface area contributed by atoms with Gasteiger partial charge in [-0.25, -0.2) is 0 Å². The Kier molecular flexibility index (Phi) is 8.71. The molecule has 1 aliphatic rings. The van der Waals surface area contributed by atoms with E-state index in [0.29, 0.717) is 16.6 Å². The normalized spacial score (nSPS) is 14.1. The smallest absolute Gasteiger partial charge is 0.253 e. The number of halogens is 3. The zero-order valence-electron chi connectivity index (χ0n) is 18.8. The summed E-state index contributed by atoms with van der Waals surface area (Å²) in [7, 11) is 0. The van der Waals surface area contributed by atoms with Crippen LogP contribution in [0.2, 0.25) is 10.0 Å². The van der Waals surface area contributed by atoms with Crippen molar-refractivity contribution in [2.75, 3.05) is 44.2 Å². The van der Waals surface area contributed by atoms with E-state index in [1.54, 1.807) is 0 Å². The summed E-state index contributed by atoms with van der Waals surface area (Å²) < 4.78 is 0. The topological polar surface area (TPSA) is 51.4 Å². The Morgan fingerprint density at radius 2 is 1.70 bits per heavy atom. The van der Waals surface area contributed by atoms with Crippen LogP contribution in [0.1, 0.15) is 21.6 Å². The molecule has 1 fully saturated rings. The van der Waals surface area contributed by atoms with Crippen LogP contribution < -0.4 is 10.2 Å². The van der Waals surface area contributed by atoms with Crippen LogP contribution in [0.5, 0.6) is 0 Å². The lowest BCUT2D eigenvalue weighted by Crippen LogP contribution is -2.48. The summed E-state index contributed by atoms with van der Waals surface area (Å²) in [5, 5.41) is 4.30. The van der Waals surface area contributed by atoms with Gasteiger partial charge in [-0.15, -0.1) is 12.4 Å². The van der Waals surface area contributed by atoms with Gasteiger partial charge in [0.2, 0.25) is 0 Å². The molecule has 4 rings (SSSR count). The number of nitrogens with one attached hydrogen (secondary N) is 2. The van der Waals surface area contributed by atoms with E-state index in [-0.39, 0.29) is 18.3 Å². The third-order valence-electron chi connectivity index (χ3n) is 6.08. The number of rotatable bonds is 6. The molecule has 2 N–H and O–H groups in total. The lowest BCUT2D eigenvalue weighted by atomic mass is 10.0. The van der Waals surface area contributed by atoms with E-state index in [2.05, 4.69) is 32.2 Å². The molecule has 2 aromatic carbocycles. The molecule has 5 nitrogen and oxygen atoms in total. The van der Waals surface area contributed by atoms with E-state index in [9.17, 15) is 4.79 Å². The zero-order valence-corrected chi connectivity index (χ0v) is 21.2. The molecule has 1 aliphatic heterocycles. The highest BCUT2D eigenvalue weighted by atomic mass is 35.5. The second-order valence-electron chi connectivity index (χ2n) is 8.15. The Morgan fingerprint density at radius 1 is 1.00 bits per heavy atom. The van der Waals surface area contributed by atoms with E-state index in [1.807, 2.05) is 50.2 Å². The number of hydrogen-bond donors (Lipinski definition) is 2. The van der Waals surface area contributed by atoms with E-state index in [4.69, 9.17) is 23.2 Å². The fourth-order valence-electron chi connectivity index (χ4n) is 4.35. The Labute approximate surface area is 211 Å². The Balaban J connectivity index is 0.00000306. The van der Waals surface area contributed by atoms with Crippen LogP contribution in [0.3, 0.4) is 0 Å². The highest BCUT2D eigenvalue weighted by molar-refractivity contribution is 6.43. The highest BCUT2D eigenvalue weighted by Gasteiger charge is 2.21. The van der Waals surface area contributed by atoms with Crippen LogP contribution in [0.4, 0.5) is 5.69 Å². The lowest BCUT2D eigenvalue weighted by Gasteiger charge is -2.36. The summed E-state index contributed by atoms with van der Waals surface area (Å²) in [4.78, 5) is 20.9. The molecule has 0 aliphatic carbocycles. The molecule has 8 heteroatoms. The molecule has 33 heavy (non-hydrogen) atoms. The number of aryl methyl sites for hydroxylation is 1. The molecule has 3 aromatic rings. The van der Waals surface area contributed by atoms with Crippen molar-refractivity contribution < 1.29 is 4.79 Å². The monoisotopic (exact) mass is 506 g/mol. The number of carbonyl (C=O) groups is 1. The Bertz CT molecular complexity index is 1090. The van der Waals surface area contributed by atoms with Gasteiger partial charge in [-0.2, -0.15) is 0 Å². The summed E-state index contributed by atoms with van der Waals surface area (Å²) in [5.41, 5.74) is 5.70. The second-order valence-corrected chi connectivity index (χ2v) is 8.93. The van der Waals surface area contributed by atoms with E-state index in [0.717, 1.165) is 66.5 Å². The fourth-order valence-corrected chi connectivity index (χ4v) is 4.76. The van der Waals surface area contributed by atoms with Gasteiger partial charge in [0.05, 0.1) is 21.3 Å². The lowest BCUT2D eigenvalue weighted by molar-refractivity contribution is 0.0947. The predicted octanol–water partition coefficient (Wildman–Crippen LogP) is 5.58. The van der Waals surface area contributed by atoms with Crippen molar-refractivity contribution in [3.8, 4) is 11.3 Å². The summed E-state index contributed by atoms with van der Waals surface area (Å²) in [6, 6.07) is 15.9. The third-order valence-corrected chi connectivity index (χ3v) is 6.89. The Morgan fingerprint density at radius 3 is 2.39 bits per heavy atom. The standard InChI is InChI=1S/C25H28Cl2N4O.ClH/c1-17-22(18(2)29-24(17)19-7-4-3-5-8-19)25(32)28-11-12-30-13-15-31(16-14-30)21-10-6-9-20(26)23(21)27;/h3-10,29H,11-16H2,1-2H3,(H,28,32);1H. The van der Waals surface area contributed by atoms with Gasteiger partial charge in [0.25, 0.3) is 5.91 Å². The van der Waals surface area contributed by atoms with Crippen molar-refractivity contribution in [1.82, 2.24) is 15.2 Å². The number of carbonyl (C=O) groups excluding carboxylic acids is 1. The van der Waals surface area contributed by atoms with E-state index in [1.165, 1.54) is 0 Å². The molecule has 1 aromatic heterocycles. The Hall–Kier alpha value is -2.18. The van der Waals surface area contributed by atoms with Gasteiger partial charge in [-0.3, -0.25) is 9.69 Å². The van der Waals surface area contributed by atoms with Gasteiger partial charge in [0.15, 0.2) is 0 Å². The number of amides is 1. The van der Waals surface area contributed by atoms with Crippen LogP contribution in [-0.4, -0.2) is 55.1 Å². The van der Waals surface area contributed by atoms with Crippen molar-refractivity contribution in [3.63, 3.8) is 0 Å². The van der Waals surface area contributed by atoms with Gasteiger partial charge in [0.1, 0.15) is 0 Å². The molecule has 0 radical (unpaired) electrons. The van der Waals surface area contributed by atoms with Crippen molar-refractivity contribution in [2.24, 2.45) is 0 Å². The minimum Gasteiger partial charge on any atom is -0.368 e. The minimum absolute atomic E-state index is 0. The first-order chi connectivity index (χ1) is 15.5. The predicted molar refractivity (Wildman–Crippen MR) is 140 cm³/mol. The molecule has 0 spiro atoms. The van der Waals surface area contributed by atoms with Crippen LogP contribution in [0, 0.1) is 13.8 Å². The average Bonchev–Trinajstić information content (AvgIpc) is 3.10. The number of nitrogens with zero attached hydrogens (tertiary/aromatic N) is 2. The first kappa shape index (κ1) is 25.4. The van der Waals surface area contributed by atoms with Gasteiger partial charge in [-0.05, 0) is 37.1 Å². The number of aromatic nitrogens is 1. The molecule has 1 amide bonds. The number of piperazine rings is 1. The quantitative estimate of drug-likeness (QED) is 0.458. The van der Waals surface area contributed by atoms with Crippen molar-refractivity contribution >= 4 is 47.2 Å². The van der Waals surface area contributed by atoms with Gasteiger partial charge >= 0.3 is 0 Å². The molecule has 0 bridgehead atoms. The summed E-state index contributed by atoms with van der Waals surface area (Å²) in [6.07, 6.45) is 0. The maximum Gasteiger partial charge on any atom is 0.253 e. The maximum atomic E-state index is 12.9. The van der Waals surface area contributed by atoms with Crippen LogP contribution in [0.25, 0.3) is 11.3 Å². The summed E-state index contributed by atoms with van der Waals surface area (Å²) in [6.45, 7) is 8.97. The minimum atomic E-state index is -0.0252. The number of benzene rings is 2. The zero-order chi connectivity index (χ0) is 22.7. The number of H-pyrrole nitrogens is 1. The molecule has 2 heterocycles. The summed E-state index contributed by atoms with van der Waals surface area (Å²) in [5.74, 6) is -0.0252. The highest BCUT2D eigenvalue weighted by Crippen LogP contribution is 2.33. The molecular formula is C25H29Cl3N4O. The largest absolute Gasteiger partial charge is 0.368 e. The molecule has 0 unspecified atom stereocenters. The van der Waals surface area contributed by atoms with Crippen LogP contribution in [0.15, 0.2) is 48.5 Å². The van der Waals surface area contributed by atoms with Crippen LogP contribution in [-0.2, 0) is 0 Å². The van der Waals surface area contributed by atoms with Gasteiger partial charge in [0, 0.05) is 50.7 Å². The molecule has 1 saturated heterocycles. The first-order valence-electron chi connectivity index (χ1n) is 10.9. The van der Waals surface area contributed by atoms with Crippen LogP contribution >= 0.6 is 35.6 Å². The van der Waals surface area contributed by atoms with E-state index >= 15 is 0 Å². The van der Waals surface area contributed by atoms with Gasteiger partial charge < -0.3 is 15.2 Å². The molecule has 0 atom stereocenters. The molecular weight excluding hydrogens is 479 g/mol. The summed E-state index contributed by atoms with van der Waals surface area (Å²) >= 11 is 12.5. The SMILES string of the molecule is Cc1[nH]c(-c2ccccc2)c(C)c1C(=O)NCCN1CCN(c2cccc(Cl)c2Cl)CC1.Cl. The second kappa shape index (κ2) is 11.3. The number of hydrogen-bond acceptors (Lipinski definition) is 3. The third kappa shape index (κ3) is 5.67. The number of aromatic amines is 1. The van der Waals surface area contributed by atoms with E-state index < -0.39 is 0 Å². The van der Waals surface area contributed by atoms with Gasteiger partial charge in [-0.1, -0.05) is 59.6 Å². The van der Waals surface area contributed by atoms with Crippen molar-refractivity contribution in [3.05, 3.63) is 75.4 Å². The molecule has 176 valence electrons. The first-order valence-corrected chi connectivity index (χ1v) is 11.7. The maximum absolute atomic E-state index is 12.9. The molecule has 0 saturated carbocycles. The number of anilines is 1. The average molecular weight is 508 g/mol. The van der Waals surface area contributed by atoms with Crippen molar-refractivity contribution in [2.45, 2.75) is 13.8 Å².